The van der Waals surface area contributed by atoms with E-state index < -0.39 is 20.1 Å². The van der Waals surface area contributed by atoms with Gasteiger partial charge in [-0.1, -0.05) is 226 Å². The molecule has 0 radical (unpaired) electrons. The Kier molecular flexibility index (Phi) is 29.0. The van der Waals surface area contributed by atoms with Crippen molar-refractivity contribution in [1.29, 1.82) is 0 Å². The molecule has 450 valence electrons. The maximum absolute atomic E-state index is 14.4. The van der Waals surface area contributed by atoms with Gasteiger partial charge in [-0.2, -0.15) is 0 Å². The molecule has 0 amide bonds. The van der Waals surface area contributed by atoms with Crippen LogP contribution in [0, 0.1) is 80.9 Å². The second-order valence-electron chi connectivity index (χ2n) is 22.0. The topological polar surface area (TPSA) is 80.9 Å². The van der Waals surface area contributed by atoms with Crippen molar-refractivity contribution >= 4 is 73.0 Å². The summed E-state index contributed by atoms with van der Waals surface area (Å²) < 4.78 is 30.9. The molecule has 0 atom stereocenters. The summed E-state index contributed by atoms with van der Waals surface area (Å²) >= 11 is 10.3. The second kappa shape index (κ2) is 35.5. The van der Waals surface area contributed by atoms with Crippen LogP contribution in [0.3, 0.4) is 0 Å². The minimum Gasteiger partial charge on any atom is -0.423 e. The Morgan fingerprint density at radius 1 is 0.299 bits per heavy atom. The Morgan fingerprint density at radius 3 is 0.954 bits per heavy atom. The lowest BCUT2D eigenvalue weighted by molar-refractivity contribution is 0.422. The van der Waals surface area contributed by atoms with Crippen LogP contribution >= 0.6 is 47.8 Å². The highest BCUT2D eigenvalue weighted by atomic mass is 79.9. The lowest BCUT2D eigenvalue weighted by Gasteiger charge is -2.09. The van der Waals surface area contributed by atoms with Crippen molar-refractivity contribution in [2.75, 3.05) is 0 Å². The van der Waals surface area contributed by atoms with E-state index in [0.717, 1.165) is 72.5 Å². The van der Waals surface area contributed by atoms with Crippen molar-refractivity contribution in [1.82, 2.24) is 0 Å². The third kappa shape index (κ3) is 22.9. The van der Waals surface area contributed by atoms with Gasteiger partial charge in [0.1, 0.15) is 11.6 Å². The molecule has 11 heteroatoms. The number of benzene rings is 10. The summed E-state index contributed by atoms with van der Waals surface area (Å²) in [5, 5.41) is 35.1. The number of hydrogen-bond acceptors (Lipinski definition) is 4. The highest BCUT2D eigenvalue weighted by Crippen LogP contribution is 2.30. The van der Waals surface area contributed by atoms with Crippen molar-refractivity contribution in [3.8, 4) is 44.5 Å². The Morgan fingerprint density at radius 2 is 0.621 bits per heavy atom. The first-order chi connectivity index (χ1) is 41.4. The molecule has 0 fully saturated rings. The molecule has 0 spiro atoms. The number of aryl methyl sites for hydroxylation is 12. The van der Waals surface area contributed by atoms with Crippen LogP contribution < -0.4 is 10.9 Å². The summed E-state index contributed by atoms with van der Waals surface area (Å²) in [5.41, 5.74) is 24.3. The van der Waals surface area contributed by atoms with Gasteiger partial charge in [-0.3, -0.25) is 0 Å². The van der Waals surface area contributed by atoms with Crippen molar-refractivity contribution in [3.63, 3.8) is 0 Å². The monoisotopic (exact) mass is 1350 g/mol. The van der Waals surface area contributed by atoms with E-state index in [1.807, 2.05) is 51.1 Å². The molecule has 10 aromatic rings. The smallest absolute Gasteiger partial charge is 0.423 e. The van der Waals surface area contributed by atoms with E-state index in [2.05, 4.69) is 244 Å². The van der Waals surface area contributed by atoms with Gasteiger partial charge in [0.25, 0.3) is 0 Å². The van der Waals surface area contributed by atoms with E-state index in [1.165, 1.54) is 84.5 Å². The normalized spacial score (nSPS) is 10.3. The standard InChI is InChI=1S/C23H23F.2C14H13Br.C9H12BFO2.C8H11BO2.C8H9Br/c1-4-5-18-7-13-22(23(24)15-18)20-11-9-19(10-12-20)21-8-6-16(2)17(3)14-21;2*1-10-3-4-13(9-11(10)2)12-5-7-14(15)8-6-12;1-2-3-7-4-5-8(10(12)13)9(11)6-7;1-6-3-4-8(9(10)11)5-7(6)2;1-6-3-4-8(9)5-7(6)2/h6-15H,4-5H2,1-3H3;2*3-9H,1-2H3;4-6,12-13H,2-3H2,1H3;3-5,10-11H,1-2H3;3-5H,1-2H3. The van der Waals surface area contributed by atoms with E-state index in [0.29, 0.717) is 11.0 Å². The van der Waals surface area contributed by atoms with Crippen LogP contribution in [-0.4, -0.2) is 34.3 Å². The van der Waals surface area contributed by atoms with E-state index in [9.17, 15) is 8.78 Å². The molecule has 0 unspecified atom stereocenters. The van der Waals surface area contributed by atoms with Gasteiger partial charge in [0.2, 0.25) is 0 Å². The first-order valence-electron chi connectivity index (χ1n) is 29.3. The Balaban J connectivity index is 0.000000196. The van der Waals surface area contributed by atoms with Crippen LogP contribution in [0.2, 0.25) is 0 Å². The zero-order valence-corrected chi connectivity index (χ0v) is 57.0. The van der Waals surface area contributed by atoms with E-state index in [-0.39, 0.29) is 11.3 Å². The fourth-order valence-electron chi connectivity index (χ4n) is 8.98. The maximum atomic E-state index is 14.4. The maximum Gasteiger partial charge on any atom is 0.491 e. The molecule has 0 saturated carbocycles. The highest BCUT2D eigenvalue weighted by molar-refractivity contribution is 9.11. The molecule has 0 aromatic heterocycles. The molecule has 4 N–H and O–H groups in total. The number of hydrogen-bond donors (Lipinski definition) is 4. The average Bonchev–Trinajstić information content (AvgIpc) is 3.16. The van der Waals surface area contributed by atoms with Crippen molar-refractivity contribution in [3.05, 3.63) is 292 Å². The molecule has 10 aromatic carbocycles. The SMILES string of the molecule is CCCc1ccc(-c2ccc(-c3ccc(C)c(C)c3)cc2)c(F)c1.CCCc1ccc(B(O)O)c(F)c1.Cc1ccc(-c2ccc(Br)cc2)cc1C.Cc1ccc(-c2ccc(Br)cc2)cc1C.Cc1ccc(B(O)O)cc1C.Cc1ccc(Br)cc1C. The minimum absolute atomic E-state index is 0.0696. The van der Waals surface area contributed by atoms with Crippen molar-refractivity contribution in [2.24, 2.45) is 0 Å². The van der Waals surface area contributed by atoms with E-state index in [1.54, 1.807) is 24.3 Å². The molecule has 0 aliphatic carbocycles. The molecule has 10 rings (SSSR count). The predicted octanol–water partition coefficient (Wildman–Crippen LogP) is 19.7. The van der Waals surface area contributed by atoms with E-state index in [4.69, 9.17) is 20.1 Å². The molecular weight excluding hydrogens is 1280 g/mol. The number of rotatable bonds is 10. The van der Waals surface area contributed by atoms with Gasteiger partial charge in [0.15, 0.2) is 0 Å². The lowest BCUT2D eigenvalue weighted by atomic mass is 9.79. The first kappa shape index (κ1) is 71.2. The predicted molar refractivity (Wildman–Crippen MR) is 378 cm³/mol. The second-order valence-corrected chi connectivity index (χ2v) is 24.7. The third-order valence-corrected chi connectivity index (χ3v) is 16.7. The molecule has 0 aliphatic rings. The fourth-order valence-corrected chi connectivity index (χ4v) is 9.99. The lowest BCUT2D eigenvalue weighted by Crippen LogP contribution is -2.32. The summed E-state index contributed by atoms with van der Waals surface area (Å²) in [6.07, 6.45) is 3.70. The highest BCUT2D eigenvalue weighted by Gasteiger charge is 2.16. The van der Waals surface area contributed by atoms with Gasteiger partial charge in [-0.05, 0) is 242 Å². The van der Waals surface area contributed by atoms with Crippen LogP contribution in [-0.2, 0) is 12.8 Å². The van der Waals surface area contributed by atoms with Gasteiger partial charge in [-0.15, -0.1) is 0 Å². The zero-order valence-electron chi connectivity index (χ0n) is 52.2. The largest absolute Gasteiger partial charge is 0.491 e. The molecule has 87 heavy (non-hydrogen) atoms. The van der Waals surface area contributed by atoms with Gasteiger partial charge < -0.3 is 20.1 Å². The van der Waals surface area contributed by atoms with Gasteiger partial charge in [-0.25, -0.2) is 8.78 Å². The Labute approximate surface area is 543 Å². The quantitative estimate of drug-likeness (QED) is 0.103. The summed E-state index contributed by atoms with van der Waals surface area (Å²) in [7, 11) is -3.08. The Hall–Kier alpha value is -6.53. The van der Waals surface area contributed by atoms with Crippen LogP contribution in [0.1, 0.15) is 93.5 Å². The summed E-state index contributed by atoms with van der Waals surface area (Å²) in [5.74, 6) is -0.694. The molecular formula is C76H81B2Br3F2O4. The van der Waals surface area contributed by atoms with Crippen LogP contribution in [0.4, 0.5) is 8.78 Å². The summed E-state index contributed by atoms with van der Waals surface area (Å²) in [6.45, 7) is 25.1. The molecule has 0 bridgehead atoms. The van der Waals surface area contributed by atoms with E-state index >= 15 is 0 Å². The van der Waals surface area contributed by atoms with Gasteiger partial charge in [0, 0.05) is 24.4 Å². The summed E-state index contributed by atoms with van der Waals surface area (Å²) in [6, 6.07) is 66.3. The third-order valence-electron chi connectivity index (χ3n) is 15.2. The zero-order chi connectivity index (χ0) is 63.9. The van der Waals surface area contributed by atoms with Crippen molar-refractivity contribution < 1.29 is 28.9 Å². The van der Waals surface area contributed by atoms with Gasteiger partial charge in [0.05, 0.1) is 0 Å². The Bertz CT molecular complexity index is 3700. The fraction of sp³-hybridized carbons (Fsp3) is 0.211. The first-order valence-corrected chi connectivity index (χ1v) is 31.7. The van der Waals surface area contributed by atoms with Gasteiger partial charge >= 0.3 is 14.2 Å². The molecule has 0 aliphatic heterocycles. The number of halogens is 5. The van der Waals surface area contributed by atoms with Crippen LogP contribution in [0.25, 0.3) is 44.5 Å². The molecule has 0 heterocycles. The van der Waals surface area contributed by atoms with Crippen LogP contribution in [0.5, 0.6) is 0 Å². The minimum atomic E-state index is -1.73. The molecule has 4 nitrogen and oxygen atoms in total. The summed E-state index contributed by atoms with van der Waals surface area (Å²) in [4.78, 5) is 0. The molecule has 0 saturated heterocycles. The average molecular weight is 1360 g/mol. The van der Waals surface area contributed by atoms with Crippen LogP contribution in [0.15, 0.2) is 214 Å². The van der Waals surface area contributed by atoms with Crippen molar-refractivity contribution in [2.45, 2.75) is 109 Å².